The van der Waals surface area contributed by atoms with Gasteiger partial charge in [0.1, 0.15) is 12.4 Å². The normalized spacial score (nSPS) is 16.3. The molecule has 1 heterocycles. The molecule has 3 aromatic carbocycles. The Morgan fingerprint density at radius 1 is 0.927 bits per heavy atom. The van der Waals surface area contributed by atoms with Crippen LogP contribution in [0.3, 0.4) is 0 Å². The van der Waals surface area contributed by atoms with Gasteiger partial charge in [-0.1, -0.05) is 42.5 Å². The maximum Gasteiger partial charge on any atom is 0.430 e. The average molecular weight is 606 g/mol. The number of fused-ring (bicyclic) bond motifs is 1. The van der Waals surface area contributed by atoms with Crippen LogP contribution in [-0.4, -0.2) is 37.9 Å². The van der Waals surface area contributed by atoms with Crippen LogP contribution in [-0.2, 0) is 38.2 Å². The first-order valence-corrected chi connectivity index (χ1v) is 13.5. The van der Waals surface area contributed by atoms with Gasteiger partial charge in [-0.25, -0.2) is 12.8 Å². The van der Waals surface area contributed by atoms with Crippen LogP contribution in [0.15, 0.2) is 77.7 Å². The molecule has 0 saturated heterocycles. The molecule has 3 aromatic rings. The predicted molar refractivity (Wildman–Crippen MR) is 131 cm³/mol. The standard InChI is InChI=1S/C27H22F7NO5S/c28-20-8-11-22(12-9-20)41(38,39)35-21(15-24(36)40-16-17-4-2-1-3-5-17)10-6-18-14-19(7-13-23(18)35)25(37,26(29,30)31)27(32,33)34/h1-5,7-9,11-14,21,37H,6,10,15-16H2/t21-/m1/s1. The third kappa shape index (κ3) is 5.89. The molecule has 41 heavy (non-hydrogen) atoms. The first-order chi connectivity index (χ1) is 19.1. The van der Waals surface area contributed by atoms with Gasteiger partial charge in [0, 0.05) is 5.56 Å². The minimum absolute atomic E-state index is 0.121. The van der Waals surface area contributed by atoms with Crippen molar-refractivity contribution in [3.8, 4) is 0 Å². The van der Waals surface area contributed by atoms with Crippen LogP contribution >= 0.6 is 0 Å². The summed E-state index contributed by atoms with van der Waals surface area (Å²) in [6, 6.07) is 12.5. The molecule has 1 aliphatic heterocycles. The third-order valence-corrected chi connectivity index (χ3v) is 8.53. The van der Waals surface area contributed by atoms with Crippen molar-refractivity contribution in [2.75, 3.05) is 4.31 Å². The molecule has 14 heteroatoms. The Balaban J connectivity index is 1.74. The van der Waals surface area contributed by atoms with Crippen LogP contribution in [0.4, 0.5) is 36.4 Å². The lowest BCUT2D eigenvalue weighted by molar-refractivity contribution is -0.376. The zero-order chi connectivity index (χ0) is 30.2. The molecule has 0 bridgehead atoms. The number of ether oxygens (including phenoxy) is 1. The van der Waals surface area contributed by atoms with Crippen LogP contribution in [0.1, 0.15) is 29.5 Å². The van der Waals surface area contributed by atoms with Gasteiger partial charge < -0.3 is 9.84 Å². The molecule has 220 valence electrons. The number of nitrogens with zero attached hydrogens (tertiary/aromatic N) is 1. The van der Waals surface area contributed by atoms with Gasteiger partial charge in [-0.3, -0.25) is 9.10 Å². The predicted octanol–water partition coefficient (Wildman–Crippen LogP) is 5.78. The van der Waals surface area contributed by atoms with E-state index in [0.29, 0.717) is 22.0 Å². The zero-order valence-corrected chi connectivity index (χ0v) is 21.7. The fourth-order valence-electron chi connectivity index (χ4n) is 4.57. The SMILES string of the molecule is O=C(C[C@H]1CCc2cc(C(O)(C(F)(F)F)C(F)(F)F)ccc2N1S(=O)(=O)c1ccc(F)cc1)OCc1ccccc1. The molecule has 4 rings (SSSR count). The zero-order valence-electron chi connectivity index (χ0n) is 20.9. The summed E-state index contributed by atoms with van der Waals surface area (Å²) in [7, 11) is -4.61. The van der Waals surface area contributed by atoms with E-state index in [1.54, 1.807) is 30.3 Å². The van der Waals surface area contributed by atoms with E-state index in [0.717, 1.165) is 30.3 Å². The molecular weight excluding hydrogens is 583 g/mol. The number of aryl methyl sites for hydroxylation is 1. The first kappa shape index (κ1) is 30.3. The molecule has 0 radical (unpaired) electrons. The number of anilines is 1. The maximum absolute atomic E-state index is 13.7. The molecule has 0 saturated carbocycles. The van der Waals surface area contributed by atoms with Crippen molar-refractivity contribution in [3.63, 3.8) is 0 Å². The minimum Gasteiger partial charge on any atom is -0.461 e. The van der Waals surface area contributed by atoms with Crippen LogP contribution in [0.5, 0.6) is 0 Å². The number of hydrogen-bond acceptors (Lipinski definition) is 5. The highest BCUT2D eigenvalue weighted by Gasteiger charge is 2.71. The molecule has 0 unspecified atom stereocenters. The van der Waals surface area contributed by atoms with Crippen LogP contribution in [0.2, 0.25) is 0 Å². The second kappa shape index (κ2) is 11.0. The Morgan fingerprint density at radius 2 is 1.54 bits per heavy atom. The summed E-state index contributed by atoms with van der Waals surface area (Å²) in [6.07, 6.45) is -13.2. The van der Waals surface area contributed by atoms with Gasteiger partial charge in [0.2, 0.25) is 0 Å². The molecular formula is C27H22F7NO5S. The largest absolute Gasteiger partial charge is 0.461 e. The average Bonchev–Trinajstić information content (AvgIpc) is 2.90. The summed E-state index contributed by atoms with van der Waals surface area (Å²) < 4.78 is 128. The highest BCUT2D eigenvalue weighted by Crippen LogP contribution is 2.51. The highest BCUT2D eigenvalue weighted by molar-refractivity contribution is 7.92. The molecule has 0 fully saturated rings. The van der Waals surface area contributed by atoms with Crippen molar-refractivity contribution in [3.05, 3.63) is 95.3 Å². The van der Waals surface area contributed by atoms with Crippen molar-refractivity contribution in [1.82, 2.24) is 0 Å². The van der Waals surface area contributed by atoms with Crippen LogP contribution < -0.4 is 4.31 Å². The summed E-state index contributed by atoms with van der Waals surface area (Å²) in [5.41, 5.74) is -6.64. The third-order valence-electron chi connectivity index (χ3n) is 6.65. The van der Waals surface area contributed by atoms with Gasteiger partial charge in [-0.2, -0.15) is 26.3 Å². The number of sulfonamides is 1. The lowest BCUT2D eigenvalue weighted by Gasteiger charge is -2.39. The first-order valence-electron chi connectivity index (χ1n) is 12.0. The monoisotopic (exact) mass is 605 g/mol. The number of alkyl halides is 6. The number of aliphatic hydroxyl groups is 1. The second-order valence-electron chi connectivity index (χ2n) is 9.35. The summed E-state index contributed by atoms with van der Waals surface area (Å²) in [4.78, 5) is 12.3. The van der Waals surface area contributed by atoms with E-state index < -0.39 is 62.7 Å². The molecule has 0 aromatic heterocycles. The van der Waals surface area contributed by atoms with Crippen molar-refractivity contribution >= 4 is 21.7 Å². The fraction of sp³-hybridized carbons (Fsp3) is 0.296. The minimum atomic E-state index is -6.14. The highest BCUT2D eigenvalue weighted by atomic mass is 32.2. The van der Waals surface area contributed by atoms with Crippen LogP contribution in [0, 0.1) is 5.82 Å². The van der Waals surface area contributed by atoms with Gasteiger partial charge in [0.25, 0.3) is 15.6 Å². The molecule has 0 spiro atoms. The molecule has 1 N–H and O–H groups in total. The van der Waals surface area contributed by atoms with E-state index in [4.69, 9.17) is 4.74 Å². The number of carbonyl (C=O) groups is 1. The van der Waals surface area contributed by atoms with Gasteiger partial charge in [-0.05, 0) is 54.3 Å². The number of hydrogen-bond donors (Lipinski definition) is 1. The van der Waals surface area contributed by atoms with Crippen LogP contribution in [0.25, 0.3) is 0 Å². The molecule has 1 aliphatic rings. The van der Waals surface area contributed by atoms with Crippen molar-refractivity contribution in [2.45, 2.75) is 54.8 Å². The topological polar surface area (TPSA) is 83.9 Å². The number of esters is 1. The summed E-state index contributed by atoms with van der Waals surface area (Å²) in [5.74, 6) is -1.56. The lowest BCUT2D eigenvalue weighted by Crippen LogP contribution is -2.54. The van der Waals surface area contributed by atoms with Crippen molar-refractivity contribution in [2.24, 2.45) is 0 Å². The van der Waals surface area contributed by atoms with E-state index in [2.05, 4.69) is 0 Å². The smallest absolute Gasteiger partial charge is 0.430 e. The number of benzene rings is 3. The molecule has 6 nitrogen and oxygen atoms in total. The Morgan fingerprint density at radius 3 is 2.12 bits per heavy atom. The van der Waals surface area contributed by atoms with Crippen molar-refractivity contribution < 1.29 is 53.8 Å². The molecule has 1 atom stereocenters. The summed E-state index contributed by atoms with van der Waals surface area (Å²) in [5, 5.41) is 9.83. The summed E-state index contributed by atoms with van der Waals surface area (Å²) in [6.45, 7) is -0.121. The van der Waals surface area contributed by atoms with E-state index in [1.807, 2.05) is 0 Å². The quantitative estimate of drug-likeness (QED) is 0.273. The Bertz CT molecular complexity index is 1490. The second-order valence-corrected chi connectivity index (χ2v) is 11.2. The number of carbonyl (C=O) groups excluding carboxylic acids is 1. The lowest BCUT2D eigenvalue weighted by atomic mass is 9.87. The Labute approximate surface area is 230 Å². The molecule has 0 amide bonds. The molecule has 0 aliphatic carbocycles. The van der Waals surface area contributed by atoms with Crippen molar-refractivity contribution in [1.29, 1.82) is 0 Å². The van der Waals surface area contributed by atoms with Gasteiger partial charge in [0.15, 0.2) is 0 Å². The summed E-state index contributed by atoms with van der Waals surface area (Å²) >= 11 is 0. The van der Waals surface area contributed by atoms with E-state index in [9.17, 15) is 49.1 Å². The van der Waals surface area contributed by atoms with Gasteiger partial charge >= 0.3 is 18.3 Å². The van der Waals surface area contributed by atoms with E-state index >= 15 is 0 Å². The Hall–Kier alpha value is -3.65. The van der Waals surface area contributed by atoms with E-state index in [-0.39, 0.29) is 30.7 Å². The van der Waals surface area contributed by atoms with E-state index in [1.165, 1.54) is 0 Å². The number of halogens is 7. The maximum atomic E-state index is 13.7. The van der Waals surface area contributed by atoms with Gasteiger partial charge in [-0.15, -0.1) is 0 Å². The fourth-order valence-corrected chi connectivity index (χ4v) is 6.29. The Kier molecular flexibility index (Phi) is 8.11. The van der Waals surface area contributed by atoms with Gasteiger partial charge in [0.05, 0.1) is 23.0 Å². The number of rotatable bonds is 7.